The van der Waals surface area contributed by atoms with Crippen molar-refractivity contribution in [3.05, 3.63) is 105 Å². The van der Waals surface area contributed by atoms with Gasteiger partial charge in [-0.1, -0.05) is 54.6 Å². The van der Waals surface area contributed by atoms with Crippen molar-refractivity contribution < 1.29 is 23.5 Å². The predicted molar refractivity (Wildman–Crippen MR) is 161 cm³/mol. The Morgan fingerprint density at radius 1 is 1.00 bits per heavy atom. The molecule has 1 aliphatic rings. The highest BCUT2D eigenvalue weighted by Crippen LogP contribution is 2.36. The summed E-state index contributed by atoms with van der Waals surface area (Å²) in [7, 11) is 0. The second-order valence-electron chi connectivity index (χ2n) is 8.60. The molecule has 5 rings (SSSR count). The Morgan fingerprint density at radius 2 is 1.74 bits per heavy atom. The molecular weight excluding hydrogens is 630 g/mol. The number of fused-ring (bicyclic) bond motifs is 1. The first-order valence-corrected chi connectivity index (χ1v) is 13.6. The highest BCUT2D eigenvalue weighted by molar-refractivity contribution is 14.1. The number of para-hydroxylation sites is 1. The molecule has 1 aliphatic heterocycles. The second kappa shape index (κ2) is 11.5. The number of anilines is 1. The summed E-state index contributed by atoms with van der Waals surface area (Å²) in [4.78, 5) is 27.0. The average Bonchev–Trinajstić information content (AvgIpc) is 2.92. The normalized spacial score (nSPS) is 14.6. The first kappa shape index (κ1) is 26.8. The summed E-state index contributed by atoms with van der Waals surface area (Å²) in [6, 6.07) is 23.4. The van der Waals surface area contributed by atoms with Crippen molar-refractivity contribution in [2.45, 2.75) is 13.5 Å². The average molecular weight is 652 g/mol. The Bertz CT molecular complexity index is 1650. The molecule has 6 nitrogen and oxygen atoms in total. The van der Waals surface area contributed by atoms with Crippen LogP contribution in [0, 0.1) is 9.39 Å². The van der Waals surface area contributed by atoms with Gasteiger partial charge in [-0.25, -0.2) is 9.29 Å². The molecule has 1 heterocycles. The molecule has 0 aromatic heterocycles. The number of rotatable bonds is 7. The van der Waals surface area contributed by atoms with Gasteiger partial charge in [-0.3, -0.25) is 14.9 Å². The van der Waals surface area contributed by atoms with Crippen molar-refractivity contribution in [3.63, 3.8) is 0 Å². The van der Waals surface area contributed by atoms with Gasteiger partial charge in [0.2, 0.25) is 0 Å². The zero-order chi connectivity index (χ0) is 27.5. The van der Waals surface area contributed by atoms with Crippen LogP contribution in [0.1, 0.15) is 18.1 Å². The first-order valence-electron chi connectivity index (χ1n) is 12.1. The molecular formula is C30H22FIN2O4S. The fourth-order valence-electron chi connectivity index (χ4n) is 4.32. The van der Waals surface area contributed by atoms with Gasteiger partial charge in [-0.15, -0.1) is 0 Å². The van der Waals surface area contributed by atoms with Crippen LogP contribution in [0.4, 0.5) is 10.1 Å². The number of hydrogen-bond donors (Lipinski definition) is 1. The maximum atomic E-state index is 14.5. The van der Waals surface area contributed by atoms with Crippen molar-refractivity contribution in [3.8, 4) is 11.5 Å². The van der Waals surface area contributed by atoms with E-state index in [0.717, 1.165) is 24.8 Å². The van der Waals surface area contributed by atoms with Gasteiger partial charge in [0.1, 0.15) is 18.0 Å². The number of carbonyl (C=O) groups excluding carboxylic acids is 2. The minimum Gasteiger partial charge on any atom is -0.490 e. The molecule has 0 saturated carbocycles. The fraction of sp³-hybridized carbons (Fsp3) is 0.100. The summed E-state index contributed by atoms with van der Waals surface area (Å²) in [5.41, 5.74) is 1.35. The number of nitrogens with zero attached hydrogens (tertiary/aromatic N) is 1. The van der Waals surface area contributed by atoms with Gasteiger partial charge >= 0.3 is 0 Å². The summed E-state index contributed by atoms with van der Waals surface area (Å²) in [6.07, 6.45) is 1.44. The van der Waals surface area contributed by atoms with E-state index >= 15 is 0 Å². The van der Waals surface area contributed by atoms with Crippen LogP contribution in [0.2, 0.25) is 0 Å². The SMILES string of the molecule is CCOc1cc(/C=C2\C(=O)NC(=S)N(c3ccccc3F)C2=O)cc(I)c1OCc1cccc2ccccc12. The first-order chi connectivity index (χ1) is 18.9. The van der Waals surface area contributed by atoms with E-state index in [1.165, 1.54) is 24.3 Å². The minimum atomic E-state index is -0.724. The van der Waals surface area contributed by atoms with Crippen LogP contribution in [0.5, 0.6) is 11.5 Å². The standard InChI is InChI=1S/C30H22FIN2O4S/c1-2-37-26-16-18(14-22-28(35)33-30(39)34(29(22)36)25-13-6-5-12-23(25)31)15-24(32)27(26)38-17-20-10-7-9-19-8-3-4-11-21(19)20/h3-16H,2,17H2,1H3,(H,33,35,39)/b22-14+. The Hall–Kier alpha value is -3.83. The molecule has 0 unspecified atom stereocenters. The summed E-state index contributed by atoms with van der Waals surface area (Å²) in [5.74, 6) is -0.993. The van der Waals surface area contributed by atoms with E-state index in [1.54, 1.807) is 18.2 Å². The van der Waals surface area contributed by atoms with Crippen molar-refractivity contribution in [2.75, 3.05) is 11.5 Å². The Morgan fingerprint density at radius 3 is 2.54 bits per heavy atom. The molecule has 0 aliphatic carbocycles. The molecule has 39 heavy (non-hydrogen) atoms. The van der Waals surface area contributed by atoms with Gasteiger partial charge in [0, 0.05) is 0 Å². The third-order valence-corrected chi connectivity index (χ3v) is 7.18. The van der Waals surface area contributed by atoms with Gasteiger partial charge in [-0.2, -0.15) is 0 Å². The highest BCUT2D eigenvalue weighted by atomic mass is 127. The van der Waals surface area contributed by atoms with Gasteiger partial charge in [0.05, 0.1) is 15.9 Å². The van der Waals surface area contributed by atoms with Crippen LogP contribution in [-0.4, -0.2) is 23.5 Å². The molecule has 4 aromatic rings. The predicted octanol–water partition coefficient (Wildman–Crippen LogP) is 6.39. The molecule has 1 fully saturated rings. The number of carbonyl (C=O) groups is 2. The van der Waals surface area contributed by atoms with Crippen LogP contribution < -0.4 is 19.7 Å². The number of benzene rings is 4. The lowest BCUT2D eigenvalue weighted by Gasteiger charge is -2.29. The lowest BCUT2D eigenvalue weighted by atomic mass is 10.1. The van der Waals surface area contributed by atoms with Gasteiger partial charge in [0.15, 0.2) is 16.6 Å². The van der Waals surface area contributed by atoms with Gasteiger partial charge < -0.3 is 9.47 Å². The van der Waals surface area contributed by atoms with E-state index in [1.807, 2.05) is 31.2 Å². The van der Waals surface area contributed by atoms with Crippen LogP contribution in [0.3, 0.4) is 0 Å². The van der Waals surface area contributed by atoms with E-state index in [0.29, 0.717) is 30.3 Å². The van der Waals surface area contributed by atoms with Gasteiger partial charge in [-0.05, 0) is 94.0 Å². The maximum Gasteiger partial charge on any atom is 0.270 e. The molecule has 0 radical (unpaired) electrons. The number of ether oxygens (including phenoxy) is 2. The molecule has 2 amide bonds. The summed E-state index contributed by atoms with van der Waals surface area (Å²) in [6.45, 7) is 2.57. The summed E-state index contributed by atoms with van der Waals surface area (Å²) < 4.78 is 27.3. The van der Waals surface area contributed by atoms with Crippen molar-refractivity contribution in [1.82, 2.24) is 5.32 Å². The number of nitrogens with one attached hydrogen (secondary N) is 1. The Labute approximate surface area is 243 Å². The van der Waals surface area contributed by atoms with Crippen LogP contribution in [0.15, 0.2) is 84.4 Å². The maximum absolute atomic E-state index is 14.5. The Balaban J connectivity index is 1.47. The third kappa shape index (κ3) is 5.50. The molecule has 4 aromatic carbocycles. The van der Waals surface area contributed by atoms with Crippen molar-refractivity contribution in [2.24, 2.45) is 0 Å². The largest absolute Gasteiger partial charge is 0.490 e. The van der Waals surface area contributed by atoms with Gasteiger partial charge in [0.25, 0.3) is 11.8 Å². The van der Waals surface area contributed by atoms with E-state index in [9.17, 15) is 14.0 Å². The van der Waals surface area contributed by atoms with E-state index < -0.39 is 17.6 Å². The molecule has 0 atom stereocenters. The fourth-order valence-corrected chi connectivity index (χ4v) is 5.37. The minimum absolute atomic E-state index is 0.0415. The van der Waals surface area contributed by atoms with Crippen LogP contribution >= 0.6 is 34.8 Å². The summed E-state index contributed by atoms with van der Waals surface area (Å²) in [5, 5.41) is 4.52. The molecule has 196 valence electrons. The topological polar surface area (TPSA) is 67.9 Å². The van der Waals surface area contributed by atoms with E-state index in [-0.39, 0.29) is 16.4 Å². The summed E-state index contributed by atoms with van der Waals surface area (Å²) >= 11 is 7.31. The monoisotopic (exact) mass is 652 g/mol. The van der Waals surface area contributed by atoms with E-state index in [4.69, 9.17) is 21.7 Å². The second-order valence-corrected chi connectivity index (χ2v) is 10.1. The molecule has 1 N–H and O–H groups in total. The zero-order valence-corrected chi connectivity index (χ0v) is 23.7. The molecule has 0 bridgehead atoms. The lowest BCUT2D eigenvalue weighted by molar-refractivity contribution is -0.122. The zero-order valence-electron chi connectivity index (χ0n) is 20.7. The molecule has 9 heteroatoms. The smallest absolute Gasteiger partial charge is 0.270 e. The number of amides is 2. The lowest BCUT2D eigenvalue weighted by Crippen LogP contribution is -2.54. The van der Waals surface area contributed by atoms with Crippen molar-refractivity contribution in [1.29, 1.82) is 0 Å². The number of hydrogen-bond acceptors (Lipinski definition) is 5. The highest BCUT2D eigenvalue weighted by Gasteiger charge is 2.35. The van der Waals surface area contributed by atoms with Crippen LogP contribution in [-0.2, 0) is 16.2 Å². The number of thiocarbonyl (C=S) groups is 1. The van der Waals surface area contributed by atoms with Crippen molar-refractivity contribution >= 4 is 74.3 Å². The molecule has 1 saturated heterocycles. The Kier molecular flexibility index (Phi) is 7.89. The van der Waals surface area contributed by atoms with E-state index in [2.05, 4.69) is 46.1 Å². The quantitative estimate of drug-likeness (QED) is 0.109. The third-order valence-electron chi connectivity index (χ3n) is 6.09. The molecule has 0 spiro atoms. The number of halogens is 2. The van der Waals surface area contributed by atoms with Crippen LogP contribution in [0.25, 0.3) is 16.8 Å².